The van der Waals surface area contributed by atoms with Crippen LogP contribution in [0.1, 0.15) is 6.42 Å². The molecule has 19 heavy (non-hydrogen) atoms. The van der Waals surface area contributed by atoms with Crippen LogP contribution in [0.4, 0.5) is 17.1 Å². The van der Waals surface area contributed by atoms with E-state index < -0.39 is 4.92 Å². The number of benzene rings is 1. The zero-order chi connectivity index (χ0) is 14.0. The first kappa shape index (κ1) is 13.6. The van der Waals surface area contributed by atoms with Crippen molar-refractivity contribution >= 4 is 34.6 Å². The number of amides is 1. The highest BCUT2D eigenvalue weighted by atomic mass is 35.5. The lowest BCUT2D eigenvalue weighted by Crippen LogP contribution is -2.25. The Morgan fingerprint density at radius 3 is 2.84 bits per heavy atom. The predicted octanol–water partition coefficient (Wildman–Crippen LogP) is 2.23. The fourth-order valence-corrected chi connectivity index (χ4v) is 2.39. The molecule has 1 saturated heterocycles. The molecule has 7 heteroatoms. The highest BCUT2D eigenvalue weighted by Crippen LogP contribution is 2.34. The molecule has 1 atom stereocenters. The third-order valence-electron chi connectivity index (χ3n) is 3.18. The Bertz CT molecular complexity index is 521. The first-order valence-electron chi connectivity index (χ1n) is 5.89. The Morgan fingerprint density at radius 1 is 1.58 bits per heavy atom. The maximum absolute atomic E-state index is 12.0. The summed E-state index contributed by atoms with van der Waals surface area (Å²) in [6, 6.07) is 4.43. The molecule has 1 amide bonds. The van der Waals surface area contributed by atoms with E-state index in [1.807, 2.05) is 0 Å². The van der Waals surface area contributed by atoms with Crippen molar-refractivity contribution in [2.45, 2.75) is 6.42 Å². The molecule has 102 valence electrons. The molecule has 1 unspecified atom stereocenters. The maximum Gasteiger partial charge on any atom is 0.271 e. The van der Waals surface area contributed by atoms with E-state index in [2.05, 4.69) is 5.32 Å². The second-order valence-electron chi connectivity index (χ2n) is 4.44. The number of rotatable bonds is 4. The molecular formula is C12H14ClN3O3. The molecule has 2 rings (SSSR count). The van der Waals surface area contributed by atoms with Crippen molar-refractivity contribution in [2.75, 3.05) is 29.7 Å². The topological polar surface area (TPSA) is 75.5 Å². The number of hydrogen-bond donors (Lipinski definition) is 1. The average molecular weight is 284 g/mol. The fraction of sp³-hybridized carbons (Fsp3) is 0.417. The lowest BCUT2D eigenvalue weighted by molar-refractivity contribution is -0.384. The number of anilines is 2. The number of halogens is 1. The zero-order valence-corrected chi connectivity index (χ0v) is 11.2. The summed E-state index contributed by atoms with van der Waals surface area (Å²) in [7, 11) is 1.71. The van der Waals surface area contributed by atoms with Crippen LogP contribution in [0.25, 0.3) is 0 Å². The van der Waals surface area contributed by atoms with Crippen LogP contribution < -0.4 is 10.2 Å². The highest BCUT2D eigenvalue weighted by molar-refractivity contribution is 6.18. The van der Waals surface area contributed by atoms with Gasteiger partial charge in [-0.05, 0) is 12.0 Å². The van der Waals surface area contributed by atoms with Crippen molar-refractivity contribution in [3.8, 4) is 0 Å². The Kier molecular flexibility index (Phi) is 3.90. The van der Waals surface area contributed by atoms with Crippen molar-refractivity contribution < 1.29 is 9.72 Å². The van der Waals surface area contributed by atoms with Gasteiger partial charge in [0.2, 0.25) is 5.91 Å². The molecule has 1 aromatic carbocycles. The molecule has 6 nitrogen and oxygen atoms in total. The van der Waals surface area contributed by atoms with Gasteiger partial charge in [-0.2, -0.15) is 0 Å². The standard InChI is InChI=1S/C12H14ClN3O3/c1-14-10-3-2-9(16(18)19)5-11(10)15-7-8(6-13)4-12(15)17/h2-3,5,8,14H,4,6-7H2,1H3. The number of carbonyl (C=O) groups excluding carboxylic acids is 1. The van der Waals surface area contributed by atoms with Crippen molar-refractivity contribution in [1.29, 1.82) is 0 Å². The van der Waals surface area contributed by atoms with Gasteiger partial charge in [0.15, 0.2) is 0 Å². The summed E-state index contributed by atoms with van der Waals surface area (Å²) in [5, 5.41) is 13.8. The van der Waals surface area contributed by atoms with E-state index in [-0.39, 0.29) is 17.5 Å². The van der Waals surface area contributed by atoms with E-state index in [0.717, 1.165) is 0 Å². The zero-order valence-electron chi connectivity index (χ0n) is 10.4. The average Bonchev–Trinajstić information content (AvgIpc) is 2.79. The first-order valence-corrected chi connectivity index (χ1v) is 6.42. The molecule has 1 fully saturated rings. The number of alkyl halides is 1. The SMILES string of the molecule is CNc1ccc([N+](=O)[O-])cc1N1CC(CCl)CC1=O. The van der Waals surface area contributed by atoms with Crippen LogP contribution in [0.2, 0.25) is 0 Å². The third-order valence-corrected chi connectivity index (χ3v) is 3.61. The minimum absolute atomic E-state index is 0.0314. The van der Waals surface area contributed by atoms with E-state index in [4.69, 9.17) is 11.6 Å². The number of nitrogens with one attached hydrogen (secondary N) is 1. The molecule has 0 saturated carbocycles. The lowest BCUT2D eigenvalue weighted by atomic mass is 10.1. The van der Waals surface area contributed by atoms with Crippen LogP contribution in [0.15, 0.2) is 18.2 Å². The summed E-state index contributed by atoms with van der Waals surface area (Å²) in [4.78, 5) is 23.9. The fourth-order valence-electron chi connectivity index (χ4n) is 2.19. The molecule has 0 radical (unpaired) electrons. The molecule has 0 aromatic heterocycles. The van der Waals surface area contributed by atoms with E-state index in [9.17, 15) is 14.9 Å². The van der Waals surface area contributed by atoms with Crippen LogP contribution in [-0.4, -0.2) is 30.3 Å². The quantitative estimate of drug-likeness (QED) is 0.522. The van der Waals surface area contributed by atoms with Gasteiger partial charge in [0, 0.05) is 38.0 Å². The first-order chi connectivity index (χ1) is 9.06. The van der Waals surface area contributed by atoms with Crippen LogP contribution in [0.5, 0.6) is 0 Å². The molecule has 0 spiro atoms. The predicted molar refractivity (Wildman–Crippen MR) is 73.8 cm³/mol. The summed E-state index contributed by atoms with van der Waals surface area (Å²) < 4.78 is 0. The van der Waals surface area contributed by atoms with E-state index in [1.165, 1.54) is 12.1 Å². The summed E-state index contributed by atoms with van der Waals surface area (Å²) >= 11 is 5.78. The van der Waals surface area contributed by atoms with E-state index in [1.54, 1.807) is 18.0 Å². The Labute approximate surface area is 115 Å². The monoisotopic (exact) mass is 283 g/mol. The van der Waals surface area contributed by atoms with Gasteiger partial charge in [0.1, 0.15) is 0 Å². The smallest absolute Gasteiger partial charge is 0.271 e. The number of nitrogens with zero attached hydrogens (tertiary/aromatic N) is 2. The largest absolute Gasteiger partial charge is 0.386 e. The summed E-state index contributed by atoms with van der Waals surface area (Å²) in [6.45, 7) is 0.498. The second kappa shape index (κ2) is 5.44. The normalized spacial score (nSPS) is 18.7. The summed E-state index contributed by atoms with van der Waals surface area (Å²) in [5.41, 5.74) is 1.19. The molecule has 1 aliphatic rings. The van der Waals surface area contributed by atoms with E-state index in [0.29, 0.717) is 30.2 Å². The highest BCUT2D eigenvalue weighted by Gasteiger charge is 2.32. The van der Waals surface area contributed by atoms with Crippen molar-refractivity contribution in [2.24, 2.45) is 5.92 Å². The lowest BCUT2D eigenvalue weighted by Gasteiger charge is -2.19. The van der Waals surface area contributed by atoms with Crippen LogP contribution in [0, 0.1) is 16.0 Å². The van der Waals surface area contributed by atoms with Gasteiger partial charge in [-0.15, -0.1) is 11.6 Å². The van der Waals surface area contributed by atoms with Crippen LogP contribution >= 0.6 is 11.6 Å². The van der Waals surface area contributed by atoms with Crippen molar-refractivity contribution in [3.05, 3.63) is 28.3 Å². The number of non-ortho nitro benzene ring substituents is 1. The third kappa shape index (κ3) is 2.63. The molecule has 0 bridgehead atoms. The minimum Gasteiger partial charge on any atom is -0.386 e. The van der Waals surface area contributed by atoms with Gasteiger partial charge in [-0.1, -0.05) is 0 Å². The number of nitro benzene ring substituents is 1. The summed E-state index contributed by atoms with van der Waals surface area (Å²) in [6.07, 6.45) is 0.384. The van der Waals surface area contributed by atoms with E-state index >= 15 is 0 Å². The van der Waals surface area contributed by atoms with Gasteiger partial charge in [0.25, 0.3) is 5.69 Å². The molecule has 1 aromatic rings. The Balaban J connectivity index is 2.39. The number of carbonyl (C=O) groups is 1. The van der Waals surface area contributed by atoms with Gasteiger partial charge in [-0.3, -0.25) is 14.9 Å². The van der Waals surface area contributed by atoms with Gasteiger partial charge in [-0.25, -0.2) is 0 Å². The van der Waals surface area contributed by atoms with Crippen molar-refractivity contribution in [3.63, 3.8) is 0 Å². The van der Waals surface area contributed by atoms with Crippen molar-refractivity contribution in [1.82, 2.24) is 0 Å². The van der Waals surface area contributed by atoms with Crippen LogP contribution in [0.3, 0.4) is 0 Å². The molecule has 1 N–H and O–H groups in total. The number of nitro groups is 1. The van der Waals surface area contributed by atoms with Gasteiger partial charge >= 0.3 is 0 Å². The van der Waals surface area contributed by atoms with Gasteiger partial charge < -0.3 is 10.2 Å². The Morgan fingerprint density at radius 2 is 2.32 bits per heavy atom. The van der Waals surface area contributed by atoms with Gasteiger partial charge in [0.05, 0.1) is 16.3 Å². The Hall–Kier alpha value is -1.82. The molecule has 1 heterocycles. The molecule has 0 aliphatic carbocycles. The molecule has 1 aliphatic heterocycles. The molecular weight excluding hydrogens is 270 g/mol. The second-order valence-corrected chi connectivity index (χ2v) is 4.75. The maximum atomic E-state index is 12.0. The summed E-state index contributed by atoms with van der Waals surface area (Å²) in [5.74, 6) is 0.451. The number of hydrogen-bond acceptors (Lipinski definition) is 4. The van der Waals surface area contributed by atoms with Crippen LogP contribution in [-0.2, 0) is 4.79 Å². The minimum atomic E-state index is -0.470.